The van der Waals surface area contributed by atoms with Crippen LogP contribution in [-0.4, -0.2) is 35.7 Å². The van der Waals surface area contributed by atoms with Gasteiger partial charge >= 0.3 is 0 Å². The Morgan fingerprint density at radius 2 is 1.88 bits per heavy atom. The molecule has 2 N–H and O–H groups in total. The summed E-state index contributed by atoms with van der Waals surface area (Å²) in [5, 5.41) is 6.29. The van der Waals surface area contributed by atoms with Gasteiger partial charge in [-0.1, -0.05) is 42.5 Å². The normalized spacial score (nSPS) is 12.1. The lowest BCUT2D eigenvalue weighted by atomic mass is 10.1. The fraction of sp³-hybridized carbons (Fsp3) is 0.300. The molecule has 0 aliphatic heterocycles. The number of benzene rings is 2. The Balaban J connectivity index is 1.83. The van der Waals surface area contributed by atoms with E-state index < -0.39 is 0 Å². The second-order valence-electron chi connectivity index (χ2n) is 6.13. The van der Waals surface area contributed by atoms with Gasteiger partial charge in [0.25, 0.3) is 0 Å². The van der Waals surface area contributed by atoms with Crippen LogP contribution in [-0.2, 0) is 16.1 Å². The van der Waals surface area contributed by atoms with Crippen LogP contribution in [0.3, 0.4) is 0 Å². The molecule has 0 fully saturated rings. The monoisotopic (exact) mass is 352 g/mol. The third kappa shape index (κ3) is 4.21. The number of carbonyl (C=O) groups excluding carboxylic acids is 1. The summed E-state index contributed by atoms with van der Waals surface area (Å²) in [7, 11) is 1.61. The van der Waals surface area contributed by atoms with Crippen LogP contribution in [0.1, 0.15) is 18.5 Å². The molecule has 6 heteroatoms. The van der Waals surface area contributed by atoms with Gasteiger partial charge in [0.1, 0.15) is 6.54 Å². The molecular formula is C20H24N4O2. The van der Waals surface area contributed by atoms with Crippen molar-refractivity contribution >= 4 is 22.9 Å². The zero-order valence-electron chi connectivity index (χ0n) is 15.1. The topological polar surface area (TPSA) is 68.2 Å². The lowest BCUT2D eigenvalue weighted by Gasteiger charge is -2.16. The molecule has 1 heterocycles. The van der Waals surface area contributed by atoms with E-state index in [1.807, 2.05) is 47.0 Å². The molecule has 6 nitrogen and oxygen atoms in total. The summed E-state index contributed by atoms with van der Waals surface area (Å²) >= 11 is 0. The molecular weight excluding hydrogens is 328 g/mol. The van der Waals surface area contributed by atoms with E-state index in [-0.39, 0.29) is 18.5 Å². The van der Waals surface area contributed by atoms with Gasteiger partial charge in [0.05, 0.1) is 23.7 Å². The highest BCUT2D eigenvalue weighted by atomic mass is 16.5. The number of methoxy groups -OCH3 is 1. The van der Waals surface area contributed by atoms with Gasteiger partial charge < -0.3 is 19.9 Å². The van der Waals surface area contributed by atoms with Crippen LogP contribution in [0.5, 0.6) is 0 Å². The van der Waals surface area contributed by atoms with Crippen LogP contribution in [0.25, 0.3) is 11.0 Å². The number of aromatic nitrogens is 2. The van der Waals surface area contributed by atoms with E-state index in [1.54, 1.807) is 7.11 Å². The molecule has 3 rings (SSSR count). The van der Waals surface area contributed by atoms with Crippen LogP contribution in [0.2, 0.25) is 0 Å². The van der Waals surface area contributed by atoms with E-state index in [4.69, 9.17) is 4.74 Å². The Morgan fingerprint density at radius 3 is 2.65 bits per heavy atom. The maximum absolute atomic E-state index is 12.3. The molecule has 0 saturated carbocycles. The number of carbonyl (C=O) groups is 1. The van der Waals surface area contributed by atoms with Crippen molar-refractivity contribution in [2.75, 3.05) is 25.6 Å². The number of nitrogens with one attached hydrogen (secondary N) is 2. The minimum absolute atomic E-state index is 0.0689. The molecule has 0 spiro atoms. The van der Waals surface area contributed by atoms with E-state index in [9.17, 15) is 4.79 Å². The highest BCUT2D eigenvalue weighted by molar-refractivity contribution is 5.83. The Kier molecular flexibility index (Phi) is 5.86. The highest BCUT2D eigenvalue weighted by Crippen LogP contribution is 2.23. The number of nitrogens with zero attached hydrogens (tertiary/aromatic N) is 2. The van der Waals surface area contributed by atoms with Crippen molar-refractivity contribution < 1.29 is 9.53 Å². The number of hydrogen-bond acceptors (Lipinski definition) is 4. The number of amides is 1. The molecule has 1 amide bonds. The Labute approximate surface area is 153 Å². The first-order valence-electron chi connectivity index (χ1n) is 8.71. The second-order valence-corrected chi connectivity index (χ2v) is 6.13. The van der Waals surface area contributed by atoms with Crippen molar-refractivity contribution in [2.45, 2.75) is 19.5 Å². The summed E-state index contributed by atoms with van der Waals surface area (Å²) in [6, 6.07) is 18.1. The van der Waals surface area contributed by atoms with Crippen LogP contribution in [0.15, 0.2) is 54.6 Å². The summed E-state index contributed by atoms with van der Waals surface area (Å²) in [5.74, 6) is 0.616. The number of rotatable bonds is 8. The minimum Gasteiger partial charge on any atom is -0.383 e. The lowest BCUT2D eigenvalue weighted by molar-refractivity contribution is -0.121. The van der Waals surface area contributed by atoms with Gasteiger partial charge in [0.15, 0.2) is 0 Å². The van der Waals surface area contributed by atoms with Crippen molar-refractivity contribution in [1.82, 2.24) is 14.9 Å². The molecule has 0 saturated heterocycles. The smallest absolute Gasteiger partial charge is 0.240 e. The molecule has 2 aromatic carbocycles. The summed E-state index contributed by atoms with van der Waals surface area (Å²) < 4.78 is 6.89. The molecule has 136 valence electrons. The molecule has 3 aromatic rings. The summed E-state index contributed by atoms with van der Waals surface area (Å²) in [5.41, 5.74) is 2.95. The van der Waals surface area contributed by atoms with Crippen LogP contribution >= 0.6 is 0 Å². The Morgan fingerprint density at radius 1 is 1.15 bits per heavy atom. The molecule has 0 unspecified atom stereocenters. The number of ether oxygens (including phenoxy) is 1. The fourth-order valence-corrected chi connectivity index (χ4v) is 2.86. The molecule has 0 bridgehead atoms. The zero-order chi connectivity index (χ0) is 18.4. The van der Waals surface area contributed by atoms with Gasteiger partial charge in [-0.2, -0.15) is 0 Å². The van der Waals surface area contributed by atoms with Crippen molar-refractivity contribution in [1.29, 1.82) is 0 Å². The third-order valence-electron chi connectivity index (χ3n) is 4.23. The molecule has 0 aliphatic rings. The van der Waals surface area contributed by atoms with Gasteiger partial charge in [-0.25, -0.2) is 4.98 Å². The number of imidazole rings is 1. The zero-order valence-corrected chi connectivity index (χ0v) is 15.1. The molecule has 0 aliphatic carbocycles. The molecule has 0 radical (unpaired) electrons. The molecule has 1 atom stereocenters. The number of anilines is 1. The first kappa shape index (κ1) is 17.9. The lowest BCUT2D eigenvalue weighted by Crippen LogP contribution is -2.30. The highest BCUT2D eigenvalue weighted by Gasteiger charge is 2.15. The predicted molar refractivity (Wildman–Crippen MR) is 103 cm³/mol. The van der Waals surface area contributed by atoms with E-state index in [2.05, 4.69) is 34.7 Å². The average molecular weight is 352 g/mol. The first-order chi connectivity index (χ1) is 12.7. The van der Waals surface area contributed by atoms with Gasteiger partial charge in [-0.05, 0) is 24.6 Å². The van der Waals surface area contributed by atoms with Crippen LogP contribution < -0.4 is 10.6 Å². The summed E-state index contributed by atoms with van der Waals surface area (Å²) in [6.07, 6.45) is 0. The molecule has 1 aromatic heterocycles. The van der Waals surface area contributed by atoms with E-state index >= 15 is 0 Å². The van der Waals surface area contributed by atoms with E-state index in [0.717, 1.165) is 16.6 Å². The minimum atomic E-state index is -0.0689. The second kappa shape index (κ2) is 8.49. The largest absolute Gasteiger partial charge is 0.383 e. The van der Waals surface area contributed by atoms with Gasteiger partial charge in [0.2, 0.25) is 11.9 Å². The third-order valence-corrected chi connectivity index (χ3v) is 4.23. The quantitative estimate of drug-likeness (QED) is 0.612. The maximum Gasteiger partial charge on any atom is 0.240 e. The van der Waals surface area contributed by atoms with Crippen molar-refractivity contribution in [2.24, 2.45) is 0 Å². The number of para-hydroxylation sites is 2. The summed E-state index contributed by atoms with van der Waals surface area (Å²) in [6.45, 7) is 3.27. The van der Waals surface area contributed by atoms with Gasteiger partial charge in [-0.15, -0.1) is 0 Å². The van der Waals surface area contributed by atoms with Gasteiger partial charge in [0, 0.05) is 13.7 Å². The Hall–Kier alpha value is -2.86. The standard InChI is InChI=1S/C20H24N4O2/c1-15(16-8-4-3-5-9-16)22-20-23-17-10-6-7-11-18(17)24(20)14-19(25)21-12-13-26-2/h3-11,15H,12-14H2,1-2H3,(H,21,25)(H,22,23)/t15-/m1/s1. The van der Waals surface area contributed by atoms with E-state index in [0.29, 0.717) is 19.1 Å². The van der Waals surface area contributed by atoms with E-state index in [1.165, 1.54) is 0 Å². The molecule has 26 heavy (non-hydrogen) atoms. The maximum atomic E-state index is 12.3. The van der Waals surface area contributed by atoms with Gasteiger partial charge in [-0.3, -0.25) is 4.79 Å². The predicted octanol–water partition coefficient (Wildman–Crippen LogP) is 2.97. The fourth-order valence-electron chi connectivity index (χ4n) is 2.86. The van der Waals surface area contributed by atoms with Crippen molar-refractivity contribution in [3.8, 4) is 0 Å². The first-order valence-corrected chi connectivity index (χ1v) is 8.71. The Bertz CT molecular complexity index is 861. The van der Waals surface area contributed by atoms with Crippen molar-refractivity contribution in [3.05, 3.63) is 60.2 Å². The number of hydrogen-bond donors (Lipinski definition) is 2. The SMILES string of the molecule is COCCNC(=O)Cn1c(N[C@H](C)c2ccccc2)nc2ccccc21. The van der Waals surface area contributed by atoms with Crippen LogP contribution in [0, 0.1) is 0 Å². The average Bonchev–Trinajstić information content (AvgIpc) is 3.00. The van der Waals surface area contributed by atoms with Crippen molar-refractivity contribution in [3.63, 3.8) is 0 Å². The van der Waals surface area contributed by atoms with Crippen LogP contribution in [0.4, 0.5) is 5.95 Å². The number of fused-ring (bicyclic) bond motifs is 1. The summed E-state index contributed by atoms with van der Waals surface area (Å²) in [4.78, 5) is 17.0.